The number of hydrogen-bond donors (Lipinski definition) is 2. The van der Waals surface area contributed by atoms with Gasteiger partial charge in [0.05, 0.1) is 0 Å². The number of unbranched alkanes of at least 4 members (excludes halogenated alkanes) is 4. The van der Waals surface area contributed by atoms with Crippen molar-refractivity contribution in [1.82, 2.24) is 4.90 Å². The van der Waals surface area contributed by atoms with E-state index in [4.69, 9.17) is 10.9 Å². The number of hydrogen-bond acceptors (Lipinski definition) is 3. The normalized spacial score (nSPS) is 21.1. The molecule has 1 aliphatic heterocycles. The Hall–Kier alpha value is -0.770. The fraction of sp³-hybridized carbons (Fsp3) is 0.929. The maximum atomic E-state index is 8.79. The molecule has 1 saturated heterocycles. The van der Waals surface area contributed by atoms with Gasteiger partial charge >= 0.3 is 0 Å². The monoisotopic (exact) mass is 255 g/mol. The van der Waals surface area contributed by atoms with E-state index in [1.54, 1.807) is 0 Å². The zero-order valence-corrected chi connectivity index (χ0v) is 12.0. The lowest BCUT2D eigenvalue weighted by atomic mass is 9.79. The van der Waals surface area contributed by atoms with Gasteiger partial charge in [-0.3, -0.25) is 0 Å². The molecule has 0 aromatic rings. The van der Waals surface area contributed by atoms with Crippen LogP contribution >= 0.6 is 0 Å². The summed E-state index contributed by atoms with van der Waals surface area (Å²) in [6.45, 7) is 7.69. The number of likely N-dealkylation sites (tertiary alicyclic amines) is 1. The fourth-order valence-electron chi connectivity index (χ4n) is 2.59. The van der Waals surface area contributed by atoms with Crippen molar-refractivity contribution in [2.75, 3.05) is 19.6 Å². The smallest absolute Gasteiger partial charge is 0.145 e. The minimum Gasteiger partial charge on any atom is -0.409 e. The van der Waals surface area contributed by atoms with Gasteiger partial charge in [0.2, 0.25) is 0 Å². The van der Waals surface area contributed by atoms with Crippen LogP contribution in [0.1, 0.15) is 58.8 Å². The minimum absolute atomic E-state index is 0.104. The molecule has 0 aromatic heterocycles. The second-order valence-electron chi connectivity index (χ2n) is 5.80. The molecular weight excluding hydrogens is 226 g/mol. The molecule has 106 valence electrons. The van der Waals surface area contributed by atoms with Crippen LogP contribution < -0.4 is 5.73 Å². The largest absolute Gasteiger partial charge is 0.409 e. The van der Waals surface area contributed by atoms with E-state index < -0.39 is 0 Å². The van der Waals surface area contributed by atoms with Gasteiger partial charge < -0.3 is 15.8 Å². The first-order valence-electron chi connectivity index (χ1n) is 7.33. The van der Waals surface area contributed by atoms with Gasteiger partial charge in [-0.25, -0.2) is 0 Å². The van der Waals surface area contributed by atoms with Crippen LogP contribution in [0.4, 0.5) is 0 Å². The quantitative estimate of drug-likeness (QED) is 0.242. The summed E-state index contributed by atoms with van der Waals surface area (Å²) in [5.74, 6) is 0.394. The molecule has 1 aliphatic rings. The third-order valence-electron chi connectivity index (χ3n) is 4.26. The molecule has 0 atom stereocenters. The van der Waals surface area contributed by atoms with Crippen molar-refractivity contribution in [3.63, 3.8) is 0 Å². The first-order chi connectivity index (χ1) is 8.62. The number of amidine groups is 1. The van der Waals surface area contributed by atoms with Crippen LogP contribution in [-0.4, -0.2) is 35.6 Å². The number of piperidine rings is 1. The average molecular weight is 255 g/mol. The van der Waals surface area contributed by atoms with Crippen molar-refractivity contribution in [3.05, 3.63) is 0 Å². The van der Waals surface area contributed by atoms with Gasteiger partial charge in [-0.1, -0.05) is 44.7 Å². The van der Waals surface area contributed by atoms with Crippen molar-refractivity contribution in [3.8, 4) is 0 Å². The third-order valence-corrected chi connectivity index (χ3v) is 4.26. The molecule has 0 saturated carbocycles. The lowest BCUT2D eigenvalue weighted by Gasteiger charge is -2.38. The van der Waals surface area contributed by atoms with Crippen molar-refractivity contribution in [1.29, 1.82) is 0 Å². The highest BCUT2D eigenvalue weighted by Crippen LogP contribution is 2.31. The first-order valence-corrected chi connectivity index (χ1v) is 7.33. The molecule has 0 amide bonds. The molecule has 0 aliphatic carbocycles. The van der Waals surface area contributed by atoms with Gasteiger partial charge in [-0.2, -0.15) is 0 Å². The van der Waals surface area contributed by atoms with Gasteiger partial charge in [-0.15, -0.1) is 0 Å². The van der Waals surface area contributed by atoms with Gasteiger partial charge in [0.1, 0.15) is 5.84 Å². The molecule has 4 nitrogen and oxygen atoms in total. The van der Waals surface area contributed by atoms with Crippen molar-refractivity contribution >= 4 is 5.84 Å². The van der Waals surface area contributed by atoms with Crippen LogP contribution in [-0.2, 0) is 0 Å². The van der Waals surface area contributed by atoms with E-state index in [-0.39, 0.29) is 5.41 Å². The van der Waals surface area contributed by atoms with Crippen LogP contribution in [0.3, 0.4) is 0 Å². The van der Waals surface area contributed by atoms with Crippen LogP contribution in [0.2, 0.25) is 0 Å². The highest BCUT2D eigenvalue weighted by molar-refractivity contribution is 5.85. The minimum atomic E-state index is -0.104. The molecular formula is C14H29N3O. The predicted octanol–water partition coefficient (Wildman–Crippen LogP) is 2.81. The molecule has 0 radical (unpaired) electrons. The maximum absolute atomic E-state index is 8.79. The Morgan fingerprint density at radius 1 is 1.22 bits per heavy atom. The van der Waals surface area contributed by atoms with Crippen molar-refractivity contribution in [2.24, 2.45) is 16.3 Å². The third kappa shape index (κ3) is 4.48. The Kier molecular flexibility index (Phi) is 6.47. The molecule has 0 bridgehead atoms. The summed E-state index contributed by atoms with van der Waals surface area (Å²) in [5.41, 5.74) is 5.66. The molecule has 4 heteroatoms. The predicted molar refractivity (Wildman–Crippen MR) is 75.9 cm³/mol. The topological polar surface area (TPSA) is 61.8 Å². The summed E-state index contributed by atoms with van der Waals surface area (Å²) in [5, 5.41) is 12.0. The van der Waals surface area contributed by atoms with Crippen molar-refractivity contribution < 1.29 is 5.21 Å². The lowest BCUT2D eigenvalue weighted by Crippen LogP contribution is -2.45. The summed E-state index contributed by atoms with van der Waals surface area (Å²) in [6, 6.07) is 0. The number of nitrogens with zero attached hydrogens (tertiary/aromatic N) is 2. The van der Waals surface area contributed by atoms with E-state index in [1.807, 2.05) is 0 Å². The van der Waals surface area contributed by atoms with Gasteiger partial charge in [0.15, 0.2) is 0 Å². The van der Waals surface area contributed by atoms with E-state index in [0.29, 0.717) is 5.84 Å². The van der Waals surface area contributed by atoms with E-state index in [0.717, 1.165) is 25.9 Å². The Morgan fingerprint density at radius 3 is 2.39 bits per heavy atom. The van der Waals surface area contributed by atoms with Gasteiger partial charge in [0.25, 0.3) is 0 Å². The molecule has 1 heterocycles. The standard InChI is InChI=1S/C14H29N3O/c1-3-4-5-6-7-10-17-11-8-14(2,9-12-17)13(15)16-18/h18H,3-12H2,1-2H3,(H2,15,16). The number of nitrogens with two attached hydrogens (primary N) is 1. The second-order valence-corrected chi connectivity index (χ2v) is 5.80. The molecule has 0 unspecified atom stereocenters. The lowest BCUT2D eigenvalue weighted by molar-refractivity contribution is 0.157. The fourth-order valence-corrected chi connectivity index (χ4v) is 2.59. The Morgan fingerprint density at radius 2 is 1.83 bits per heavy atom. The van der Waals surface area contributed by atoms with Gasteiger partial charge in [-0.05, 0) is 38.9 Å². The van der Waals surface area contributed by atoms with Crippen LogP contribution in [0.5, 0.6) is 0 Å². The maximum Gasteiger partial charge on any atom is 0.145 e. The molecule has 0 spiro atoms. The molecule has 3 N–H and O–H groups in total. The van der Waals surface area contributed by atoms with Crippen LogP contribution in [0, 0.1) is 5.41 Å². The highest BCUT2D eigenvalue weighted by Gasteiger charge is 2.33. The van der Waals surface area contributed by atoms with E-state index in [1.165, 1.54) is 38.6 Å². The summed E-state index contributed by atoms with van der Waals surface area (Å²) < 4.78 is 0. The zero-order valence-electron chi connectivity index (χ0n) is 12.0. The second kappa shape index (κ2) is 7.62. The zero-order chi connectivity index (χ0) is 13.4. The Bertz CT molecular complexity index is 258. The number of oxime groups is 1. The number of rotatable bonds is 7. The molecule has 1 rings (SSSR count). The average Bonchev–Trinajstić information content (AvgIpc) is 2.40. The van der Waals surface area contributed by atoms with E-state index in [9.17, 15) is 0 Å². The van der Waals surface area contributed by atoms with Crippen LogP contribution in [0.25, 0.3) is 0 Å². The van der Waals surface area contributed by atoms with Gasteiger partial charge in [0, 0.05) is 5.41 Å². The summed E-state index contributed by atoms with van der Waals surface area (Å²) >= 11 is 0. The summed E-state index contributed by atoms with van der Waals surface area (Å²) in [7, 11) is 0. The highest BCUT2D eigenvalue weighted by atomic mass is 16.4. The van der Waals surface area contributed by atoms with Crippen molar-refractivity contribution in [2.45, 2.75) is 58.8 Å². The Balaban J connectivity index is 2.19. The SMILES string of the molecule is CCCCCCCN1CCC(C)(C(N)=NO)CC1. The van der Waals surface area contributed by atoms with Crippen LogP contribution in [0.15, 0.2) is 5.16 Å². The molecule has 0 aromatic carbocycles. The first kappa shape index (κ1) is 15.3. The summed E-state index contributed by atoms with van der Waals surface area (Å²) in [4.78, 5) is 2.51. The van der Waals surface area contributed by atoms with E-state index in [2.05, 4.69) is 23.9 Å². The Labute approximate surface area is 111 Å². The van der Waals surface area contributed by atoms with E-state index >= 15 is 0 Å². The molecule has 18 heavy (non-hydrogen) atoms. The molecule has 1 fully saturated rings. The summed E-state index contributed by atoms with van der Waals surface area (Å²) in [6.07, 6.45) is 8.69.